The third kappa shape index (κ3) is 1.84. The number of rotatable bonds is 0. The molecule has 1 amide bonds. The molecule has 0 bridgehead atoms. The van der Waals surface area contributed by atoms with Crippen LogP contribution < -0.4 is 10.1 Å². The van der Waals surface area contributed by atoms with Crippen molar-refractivity contribution >= 4 is 27.5 Å². The van der Waals surface area contributed by atoms with Crippen LogP contribution in [0, 0.1) is 5.41 Å². The van der Waals surface area contributed by atoms with Crippen molar-refractivity contribution in [3.05, 3.63) is 22.7 Å². The molecule has 3 nitrogen and oxygen atoms in total. The van der Waals surface area contributed by atoms with Gasteiger partial charge < -0.3 is 10.1 Å². The largest absolute Gasteiger partial charge is 0.490 e. The summed E-state index contributed by atoms with van der Waals surface area (Å²) >= 11 is 3.40. The number of ether oxygens (including phenoxy) is 1. The molecular formula is C13H14BrNO2. The van der Waals surface area contributed by atoms with Crippen molar-refractivity contribution in [1.82, 2.24) is 0 Å². The van der Waals surface area contributed by atoms with E-state index < -0.39 is 0 Å². The number of hydrogen-bond acceptors (Lipinski definition) is 2. The Labute approximate surface area is 109 Å². The highest BCUT2D eigenvalue weighted by Gasteiger charge is 2.43. The lowest BCUT2D eigenvalue weighted by Crippen LogP contribution is -2.37. The summed E-state index contributed by atoms with van der Waals surface area (Å²) in [7, 11) is 0. The van der Waals surface area contributed by atoms with E-state index in [1.165, 1.54) is 0 Å². The number of nitrogens with one attached hydrogen (secondary N) is 1. The van der Waals surface area contributed by atoms with Crippen molar-refractivity contribution < 1.29 is 9.53 Å². The lowest BCUT2D eigenvalue weighted by atomic mass is 9.86. The molecule has 1 saturated carbocycles. The summed E-state index contributed by atoms with van der Waals surface area (Å²) < 4.78 is 6.75. The Morgan fingerprint density at radius 1 is 1.29 bits per heavy atom. The van der Waals surface area contributed by atoms with Crippen LogP contribution in [0.1, 0.15) is 25.7 Å². The Hall–Kier alpha value is -1.03. The highest BCUT2D eigenvalue weighted by molar-refractivity contribution is 9.10. The van der Waals surface area contributed by atoms with Gasteiger partial charge in [0.05, 0.1) is 11.1 Å². The quantitative estimate of drug-likeness (QED) is 0.797. The van der Waals surface area contributed by atoms with Gasteiger partial charge in [0, 0.05) is 4.47 Å². The Kier molecular flexibility index (Phi) is 2.62. The normalized spacial score (nSPS) is 21.6. The fourth-order valence-electron chi connectivity index (χ4n) is 2.69. The van der Waals surface area contributed by atoms with Gasteiger partial charge in [-0.3, -0.25) is 4.79 Å². The minimum Gasteiger partial charge on any atom is -0.490 e. The van der Waals surface area contributed by atoms with Gasteiger partial charge in [-0.2, -0.15) is 0 Å². The predicted octanol–water partition coefficient (Wildman–Crippen LogP) is 3.34. The van der Waals surface area contributed by atoms with Gasteiger partial charge in [0.15, 0.2) is 0 Å². The smallest absolute Gasteiger partial charge is 0.234 e. The molecule has 0 radical (unpaired) electrons. The molecule has 1 spiro atoms. The van der Waals surface area contributed by atoms with Crippen LogP contribution in [0.25, 0.3) is 0 Å². The maximum absolute atomic E-state index is 12.3. The molecule has 4 heteroatoms. The number of anilines is 1. The van der Waals surface area contributed by atoms with Crippen LogP contribution in [-0.4, -0.2) is 12.5 Å². The van der Waals surface area contributed by atoms with Gasteiger partial charge in [-0.05, 0) is 31.0 Å². The number of amides is 1. The van der Waals surface area contributed by atoms with E-state index in [4.69, 9.17) is 4.74 Å². The van der Waals surface area contributed by atoms with E-state index >= 15 is 0 Å². The zero-order chi connectivity index (χ0) is 11.9. The molecule has 0 atom stereocenters. The zero-order valence-corrected chi connectivity index (χ0v) is 11.0. The van der Waals surface area contributed by atoms with Gasteiger partial charge >= 0.3 is 0 Å². The Bertz CT molecular complexity index is 466. The van der Waals surface area contributed by atoms with Crippen LogP contribution in [0.15, 0.2) is 22.7 Å². The average Bonchev–Trinajstić information content (AvgIpc) is 2.73. The maximum Gasteiger partial charge on any atom is 0.234 e. The lowest BCUT2D eigenvalue weighted by molar-refractivity contribution is -0.126. The van der Waals surface area contributed by atoms with E-state index in [1.54, 1.807) is 0 Å². The van der Waals surface area contributed by atoms with Gasteiger partial charge in [0.25, 0.3) is 0 Å². The first-order valence-corrected chi connectivity index (χ1v) is 6.73. The molecule has 1 heterocycles. The van der Waals surface area contributed by atoms with E-state index in [9.17, 15) is 4.79 Å². The van der Waals surface area contributed by atoms with E-state index in [0.29, 0.717) is 6.61 Å². The minimum atomic E-state index is -0.300. The second-order valence-electron chi connectivity index (χ2n) is 4.87. The number of benzene rings is 1. The second-order valence-corrected chi connectivity index (χ2v) is 5.79. The van der Waals surface area contributed by atoms with Gasteiger partial charge in [-0.1, -0.05) is 28.8 Å². The summed E-state index contributed by atoms with van der Waals surface area (Å²) in [6.45, 7) is 0.507. The lowest BCUT2D eigenvalue weighted by Gasteiger charge is -2.23. The molecule has 0 saturated heterocycles. The molecule has 3 rings (SSSR count). The minimum absolute atomic E-state index is 0.117. The van der Waals surface area contributed by atoms with E-state index in [2.05, 4.69) is 21.2 Å². The summed E-state index contributed by atoms with van der Waals surface area (Å²) in [6.07, 6.45) is 4.12. The topological polar surface area (TPSA) is 38.3 Å². The van der Waals surface area contributed by atoms with Crippen LogP contribution in [0.4, 0.5) is 5.69 Å². The number of halogens is 1. The summed E-state index contributed by atoms with van der Waals surface area (Å²) in [6, 6.07) is 5.71. The predicted molar refractivity (Wildman–Crippen MR) is 69.2 cm³/mol. The summed E-state index contributed by atoms with van der Waals surface area (Å²) in [5.74, 6) is 0.886. The van der Waals surface area contributed by atoms with Gasteiger partial charge in [-0.25, -0.2) is 0 Å². The summed E-state index contributed by atoms with van der Waals surface area (Å²) in [4.78, 5) is 12.3. The first-order valence-electron chi connectivity index (χ1n) is 5.93. The fourth-order valence-corrected chi connectivity index (χ4v) is 3.05. The summed E-state index contributed by atoms with van der Waals surface area (Å²) in [5, 5.41) is 3.00. The Morgan fingerprint density at radius 2 is 2.06 bits per heavy atom. The number of carbonyl (C=O) groups excluding carboxylic acids is 1. The van der Waals surface area contributed by atoms with Gasteiger partial charge in [-0.15, -0.1) is 0 Å². The SMILES string of the molecule is O=C1Nc2cc(Br)ccc2OCC12CCCC2. The second kappa shape index (κ2) is 4.02. The molecule has 1 aromatic carbocycles. The van der Waals surface area contributed by atoms with Crippen molar-refractivity contribution in [3.8, 4) is 5.75 Å². The fraction of sp³-hybridized carbons (Fsp3) is 0.462. The van der Waals surface area contributed by atoms with Crippen molar-refractivity contribution in [2.45, 2.75) is 25.7 Å². The molecule has 90 valence electrons. The third-order valence-electron chi connectivity index (χ3n) is 3.74. The molecule has 1 aliphatic heterocycles. The molecule has 2 aliphatic rings. The number of carbonyl (C=O) groups is 1. The molecule has 1 aromatic rings. The summed E-state index contributed by atoms with van der Waals surface area (Å²) in [5.41, 5.74) is 0.471. The van der Waals surface area contributed by atoms with Crippen molar-refractivity contribution in [3.63, 3.8) is 0 Å². The van der Waals surface area contributed by atoms with Gasteiger partial charge in [0.1, 0.15) is 12.4 Å². The van der Waals surface area contributed by atoms with Crippen LogP contribution in [0.2, 0.25) is 0 Å². The highest BCUT2D eigenvalue weighted by Crippen LogP contribution is 2.43. The molecule has 17 heavy (non-hydrogen) atoms. The molecular weight excluding hydrogens is 282 g/mol. The zero-order valence-electron chi connectivity index (χ0n) is 9.46. The number of fused-ring (bicyclic) bond motifs is 1. The van der Waals surface area contributed by atoms with E-state index in [0.717, 1.165) is 41.6 Å². The van der Waals surface area contributed by atoms with Crippen LogP contribution in [-0.2, 0) is 4.79 Å². The van der Waals surface area contributed by atoms with Crippen LogP contribution in [0.5, 0.6) is 5.75 Å². The molecule has 1 N–H and O–H groups in total. The maximum atomic E-state index is 12.3. The van der Waals surface area contributed by atoms with Gasteiger partial charge in [0.2, 0.25) is 5.91 Å². The molecule has 1 fully saturated rings. The molecule has 0 unspecified atom stereocenters. The first kappa shape index (κ1) is 11.1. The van der Waals surface area contributed by atoms with Crippen LogP contribution >= 0.6 is 15.9 Å². The Balaban J connectivity index is 1.96. The average molecular weight is 296 g/mol. The standard InChI is InChI=1S/C13H14BrNO2/c14-9-3-4-11-10(7-9)15-12(16)13(8-17-11)5-1-2-6-13/h3-4,7H,1-2,5-6,8H2,(H,15,16). The Morgan fingerprint density at radius 3 is 2.82 bits per heavy atom. The number of hydrogen-bond donors (Lipinski definition) is 1. The van der Waals surface area contributed by atoms with Crippen molar-refractivity contribution in [2.24, 2.45) is 5.41 Å². The molecule has 0 aromatic heterocycles. The van der Waals surface area contributed by atoms with Crippen LogP contribution in [0.3, 0.4) is 0 Å². The highest BCUT2D eigenvalue weighted by atomic mass is 79.9. The molecule has 1 aliphatic carbocycles. The third-order valence-corrected chi connectivity index (χ3v) is 4.23. The van der Waals surface area contributed by atoms with E-state index in [1.807, 2.05) is 18.2 Å². The monoisotopic (exact) mass is 295 g/mol. The first-order chi connectivity index (χ1) is 8.20. The van der Waals surface area contributed by atoms with Crippen molar-refractivity contribution in [2.75, 3.05) is 11.9 Å². The van der Waals surface area contributed by atoms with E-state index in [-0.39, 0.29) is 11.3 Å². The van der Waals surface area contributed by atoms with Crippen molar-refractivity contribution in [1.29, 1.82) is 0 Å².